The maximum atomic E-state index is 2.85. The molecule has 4 unspecified atom stereocenters. The van der Waals surface area contributed by atoms with Crippen molar-refractivity contribution in [2.75, 3.05) is 9.80 Å². The van der Waals surface area contributed by atoms with Crippen molar-refractivity contribution in [2.24, 2.45) is 11.8 Å². The van der Waals surface area contributed by atoms with Crippen molar-refractivity contribution in [2.45, 2.75) is 64.7 Å². The lowest BCUT2D eigenvalue weighted by atomic mass is 9.32. The fourth-order valence-corrected chi connectivity index (χ4v) is 12.4. The van der Waals surface area contributed by atoms with Gasteiger partial charge in [-0.2, -0.15) is 11.3 Å². The van der Waals surface area contributed by atoms with E-state index < -0.39 is 0 Å². The second-order valence-corrected chi connectivity index (χ2v) is 18.3. The van der Waals surface area contributed by atoms with Gasteiger partial charge in [-0.05, 0) is 65.5 Å². The second kappa shape index (κ2) is 11.6. The van der Waals surface area contributed by atoms with E-state index in [1.54, 1.807) is 9.65 Å². The molecule has 0 N–H and O–H groups in total. The Balaban J connectivity index is 1.27. The summed E-state index contributed by atoms with van der Waals surface area (Å²) in [5.74, 6) is 1.17. The van der Waals surface area contributed by atoms with Crippen LogP contribution < -0.4 is 19.4 Å². The predicted octanol–water partition coefficient (Wildman–Crippen LogP) is 11.7. The molecule has 0 saturated heterocycles. The quantitative estimate of drug-likeness (QED) is 0.170. The highest BCUT2D eigenvalue weighted by Gasteiger charge is 2.58. The van der Waals surface area contributed by atoms with Gasteiger partial charge >= 0.3 is 0 Å². The van der Waals surface area contributed by atoms with Gasteiger partial charge in [0.25, 0.3) is 6.71 Å². The van der Waals surface area contributed by atoms with Crippen LogP contribution >= 0.6 is 22.7 Å². The molecule has 10 rings (SSSR count). The van der Waals surface area contributed by atoms with Crippen molar-refractivity contribution < 1.29 is 0 Å². The number of hydrogen-bond donors (Lipinski definition) is 0. The van der Waals surface area contributed by atoms with E-state index in [-0.39, 0.29) is 11.5 Å². The molecule has 2 aromatic heterocycles. The average Bonchev–Trinajstić information content (AvgIpc) is 3.73. The number of thiophene rings is 2. The Hall–Kier alpha value is -4.32. The van der Waals surface area contributed by atoms with Gasteiger partial charge in [-0.25, -0.2) is 0 Å². The normalized spacial score (nSPS) is 22.0. The highest BCUT2D eigenvalue weighted by atomic mass is 32.1. The smallest absolute Gasteiger partial charge is 0.251 e. The molecule has 0 spiro atoms. The van der Waals surface area contributed by atoms with Crippen molar-refractivity contribution in [1.29, 1.82) is 0 Å². The first kappa shape index (κ1) is 31.4. The van der Waals surface area contributed by atoms with Crippen molar-refractivity contribution in [3.05, 3.63) is 137 Å². The highest BCUT2D eigenvalue weighted by molar-refractivity contribution is 7.37. The average molecular weight is 699 g/mol. The third-order valence-electron chi connectivity index (χ3n) is 12.1. The van der Waals surface area contributed by atoms with Crippen molar-refractivity contribution >= 4 is 77.9 Å². The molecule has 2 nitrogen and oxygen atoms in total. The Morgan fingerprint density at radius 3 is 2.29 bits per heavy atom. The van der Waals surface area contributed by atoms with E-state index in [2.05, 4.69) is 177 Å². The summed E-state index contributed by atoms with van der Waals surface area (Å²) in [4.78, 5) is 7.07. The predicted molar refractivity (Wildman–Crippen MR) is 224 cm³/mol. The molecule has 4 aliphatic rings. The van der Waals surface area contributed by atoms with Crippen molar-refractivity contribution in [3.63, 3.8) is 0 Å². The van der Waals surface area contributed by atoms with E-state index in [1.165, 1.54) is 65.6 Å². The van der Waals surface area contributed by atoms with Crippen LogP contribution in [0.15, 0.2) is 121 Å². The molecular formula is C46H43BN2S2. The largest absolute Gasteiger partial charge is 0.337 e. The van der Waals surface area contributed by atoms with Crippen LogP contribution in [0.3, 0.4) is 0 Å². The summed E-state index contributed by atoms with van der Waals surface area (Å²) in [5, 5.41) is 1.37. The summed E-state index contributed by atoms with van der Waals surface area (Å²) in [5.41, 5.74) is 12.5. The van der Waals surface area contributed by atoms with Gasteiger partial charge in [0.15, 0.2) is 0 Å². The van der Waals surface area contributed by atoms with E-state index in [4.69, 9.17) is 0 Å². The van der Waals surface area contributed by atoms with E-state index in [9.17, 15) is 0 Å². The zero-order chi connectivity index (χ0) is 34.6. The number of rotatable bonds is 3. The van der Waals surface area contributed by atoms with E-state index in [0.29, 0.717) is 24.4 Å². The molecule has 51 heavy (non-hydrogen) atoms. The standard InChI is InChI=1S/C46H43BN2S2/c1-28-27-37-40-41(29(28)2)49(36-20-12-9-17-33(36)30-23-25-31(26-24-30)46(3,4)5)43-35-19-11-14-22-39(35)51-45(43)47(40)44-42(34-18-10-13-21-38(34)50-44)48(37)32-15-7-6-8-16-32/h6-13,15-21,23-29,40-41H,14,22H2,1-5H3. The molecule has 6 aromatic rings. The summed E-state index contributed by atoms with van der Waals surface area (Å²) in [6, 6.07) is 39.2. The summed E-state index contributed by atoms with van der Waals surface area (Å²) in [6.07, 6.45) is 9.77. The first-order chi connectivity index (χ1) is 24.8. The summed E-state index contributed by atoms with van der Waals surface area (Å²) in [6.45, 7) is 12.2. The van der Waals surface area contributed by atoms with Crippen molar-refractivity contribution in [3.8, 4) is 11.1 Å². The molecule has 0 radical (unpaired) electrons. The minimum absolute atomic E-state index is 0.115. The van der Waals surface area contributed by atoms with Crippen LogP contribution in [0, 0.1) is 11.8 Å². The van der Waals surface area contributed by atoms with Crippen LogP contribution in [0.5, 0.6) is 0 Å². The summed E-state index contributed by atoms with van der Waals surface area (Å²) >= 11 is 4.14. The van der Waals surface area contributed by atoms with Crippen LogP contribution in [0.2, 0.25) is 5.82 Å². The molecule has 0 amide bonds. The maximum absolute atomic E-state index is 2.85. The number of nitrogens with zero attached hydrogens (tertiary/aromatic N) is 2. The first-order valence-corrected chi connectivity index (χ1v) is 20.3. The SMILES string of the molecule is CC1C=C2C3B(c4sc5c(c4N(c4ccccc4-c4ccc(C(C)(C)C)cc4)C3C1C)C=CCC5)c1sc3ccccc3c1N2c1ccccc1. The summed E-state index contributed by atoms with van der Waals surface area (Å²) in [7, 11) is 0. The van der Waals surface area contributed by atoms with Crippen molar-refractivity contribution in [1.82, 2.24) is 0 Å². The third kappa shape index (κ3) is 4.67. The van der Waals surface area contributed by atoms with Gasteiger partial charge in [0.05, 0.1) is 11.4 Å². The molecule has 252 valence electrons. The lowest BCUT2D eigenvalue weighted by Gasteiger charge is -2.56. The van der Waals surface area contributed by atoms with E-state index >= 15 is 0 Å². The molecule has 5 heteroatoms. The third-order valence-corrected chi connectivity index (χ3v) is 14.7. The number of allylic oxidation sites excluding steroid dienone is 2. The van der Waals surface area contributed by atoms with Gasteiger partial charge in [0.1, 0.15) is 0 Å². The van der Waals surface area contributed by atoms with Crippen LogP contribution in [-0.2, 0) is 11.8 Å². The zero-order valence-corrected chi connectivity index (χ0v) is 31.7. The van der Waals surface area contributed by atoms with E-state index in [1.807, 2.05) is 11.3 Å². The number of anilines is 4. The molecule has 0 bridgehead atoms. The lowest BCUT2D eigenvalue weighted by molar-refractivity contribution is 0.342. The number of aryl methyl sites for hydroxylation is 1. The molecule has 0 fully saturated rings. The highest BCUT2D eigenvalue weighted by Crippen LogP contribution is 2.58. The van der Waals surface area contributed by atoms with E-state index in [0.717, 1.165) is 12.8 Å². The van der Waals surface area contributed by atoms with Gasteiger partial charge < -0.3 is 9.80 Å². The molecule has 4 atom stereocenters. The van der Waals surface area contributed by atoms with Crippen LogP contribution in [0.4, 0.5) is 22.7 Å². The maximum Gasteiger partial charge on any atom is 0.251 e. The Bertz CT molecular complexity index is 2370. The van der Waals surface area contributed by atoms with Gasteiger partial charge in [0.2, 0.25) is 0 Å². The number of hydrogen-bond acceptors (Lipinski definition) is 4. The zero-order valence-electron chi connectivity index (χ0n) is 30.1. The molecule has 2 aliphatic carbocycles. The number of fused-ring (bicyclic) bond motifs is 8. The molecule has 4 aromatic carbocycles. The van der Waals surface area contributed by atoms with Gasteiger partial charge in [-0.3, -0.25) is 0 Å². The van der Waals surface area contributed by atoms with Gasteiger partial charge in [-0.15, -0.1) is 11.3 Å². The van der Waals surface area contributed by atoms with Crippen LogP contribution in [-0.4, -0.2) is 12.8 Å². The van der Waals surface area contributed by atoms with Crippen LogP contribution in [0.25, 0.3) is 27.3 Å². The Labute approximate surface area is 310 Å². The van der Waals surface area contributed by atoms with Gasteiger partial charge in [-0.1, -0.05) is 132 Å². The fourth-order valence-electron chi connectivity index (χ4n) is 9.50. The number of benzene rings is 4. The minimum atomic E-state index is 0.115. The lowest BCUT2D eigenvalue weighted by Crippen LogP contribution is -2.64. The molecular weight excluding hydrogens is 655 g/mol. The minimum Gasteiger partial charge on any atom is -0.337 e. The second-order valence-electron chi connectivity index (χ2n) is 16.1. The Kier molecular flexibility index (Phi) is 7.15. The first-order valence-electron chi connectivity index (χ1n) is 18.7. The fraction of sp³-hybridized carbons (Fsp3) is 0.261. The molecule has 4 heterocycles. The Morgan fingerprint density at radius 2 is 1.49 bits per heavy atom. The molecule has 2 aliphatic heterocycles. The van der Waals surface area contributed by atoms with Crippen LogP contribution in [0.1, 0.15) is 57.0 Å². The summed E-state index contributed by atoms with van der Waals surface area (Å²) < 4.78 is 4.47. The number of para-hydroxylation sites is 2. The van der Waals surface area contributed by atoms with Gasteiger partial charge in [0, 0.05) is 64.6 Å². The topological polar surface area (TPSA) is 6.48 Å². The Morgan fingerprint density at radius 1 is 0.765 bits per heavy atom. The molecule has 0 saturated carbocycles. The monoisotopic (exact) mass is 698 g/mol.